The van der Waals surface area contributed by atoms with Crippen LogP contribution in [0.25, 0.3) is 66.8 Å². The molecule has 1 fully saturated rings. The third-order valence-corrected chi connectivity index (χ3v) is 9.59. The van der Waals surface area contributed by atoms with Gasteiger partial charge in [-0.3, -0.25) is 0 Å². The summed E-state index contributed by atoms with van der Waals surface area (Å²) in [7, 11) is -0.479. The maximum absolute atomic E-state index is 6.62. The summed E-state index contributed by atoms with van der Waals surface area (Å²) in [5.74, 6) is 1.93. The predicted octanol–water partition coefficient (Wildman–Crippen LogP) is 9.15. The van der Waals surface area contributed by atoms with Gasteiger partial charge >= 0.3 is 7.12 Å². The maximum Gasteiger partial charge on any atom is 0.496 e. The number of benzene rings is 6. The van der Waals surface area contributed by atoms with E-state index < -0.39 is 18.3 Å². The summed E-state index contributed by atoms with van der Waals surface area (Å²) in [6, 6.07) is 45.8. The minimum absolute atomic E-state index is 0.440. The van der Waals surface area contributed by atoms with Crippen LogP contribution in [0.3, 0.4) is 0 Å². The highest BCUT2D eigenvalue weighted by Gasteiger charge is 2.52. The molecule has 1 aliphatic rings. The van der Waals surface area contributed by atoms with Crippen LogP contribution >= 0.6 is 0 Å². The van der Waals surface area contributed by atoms with Gasteiger partial charge in [0.25, 0.3) is 0 Å². The van der Waals surface area contributed by atoms with Gasteiger partial charge in [-0.15, -0.1) is 0 Å². The van der Waals surface area contributed by atoms with Gasteiger partial charge in [-0.25, -0.2) is 15.0 Å². The third-order valence-electron chi connectivity index (χ3n) is 9.59. The Morgan fingerprint density at radius 3 is 1.17 bits per heavy atom. The Bertz CT molecular complexity index is 2120. The smallest absolute Gasteiger partial charge is 0.399 e. The summed E-state index contributed by atoms with van der Waals surface area (Å²) in [6.45, 7) is 8.41. The maximum atomic E-state index is 6.62. The molecule has 1 aromatic heterocycles. The second-order valence-corrected chi connectivity index (χ2v) is 13.1. The first-order valence-electron chi connectivity index (χ1n) is 16.1. The SMILES string of the molecule is CC1(C)OB(c2c3ccccc3c(-c3ccc(-c4nc(-c5ccccc5)nc(-c5ccccc5)n4)cc3)c3ccccc23)OC1(C)C. The molecular formula is C41H34BN3O2. The second-order valence-electron chi connectivity index (χ2n) is 13.1. The highest BCUT2D eigenvalue weighted by atomic mass is 16.7. The van der Waals surface area contributed by atoms with Crippen molar-refractivity contribution in [3.63, 3.8) is 0 Å². The van der Waals surface area contributed by atoms with Gasteiger partial charge in [-0.05, 0) is 65.8 Å². The van der Waals surface area contributed by atoms with E-state index >= 15 is 0 Å². The van der Waals surface area contributed by atoms with E-state index in [0.717, 1.165) is 49.3 Å². The van der Waals surface area contributed by atoms with E-state index in [9.17, 15) is 0 Å². The average Bonchev–Trinajstić information content (AvgIpc) is 3.33. The molecule has 0 unspecified atom stereocenters. The molecule has 8 rings (SSSR count). The molecule has 0 N–H and O–H groups in total. The molecule has 0 aliphatic carbocycles. The molecule has 2 heterocycles. The van der Waals surface area contributed by atoms with E-state index in [0.29, 0.717) is 17.5 Å². The fourth-order valence-electron chi connectivity index (χ4n) is 6.41. The Labute approximate surface area is 275 Å². The number of fused-ring (bicyclic) bond motifs is 2. The molecule has 1 saturated heterocycles. The van der Waals surface area contributed by atoms with Crippen LogP contribution in [0.5, 0.6) is 0 Å². The summed E-state index contributed by atoms with van der Waals surface area (Å²) in [6.07, 6.45) is 0. The number of aromatic nitrogens is 3. The Balaban J connectivity index is 1.27. The van der Waals surface area contributed by atoms with Crippen LogP contribution in [0.15, 0.2) is 133 Å². The van der Waals surface area contributed by atoms with Crippen LogP contribution in [0.4, 0.5) is 0 Å². The molecular weight excluding hydrogens is 577 g/mol. The molecule has 7 aromatic rings. The van der Waals surface area contributed by atoms with Crippen molar-refractivity contribution in [2.45, 2.75) is 38.9 Å². The molecule has 47 heavy (non-hydrogen) atoms. The van der Waals surface area contributed by atoms with Crippen molar-refractivity contribution >= 4 is 34.1 Å². The minimum Gasteiger partial charge on any atom is -0.399 e. The van der Waals surface area contributed by atoms with Gasteiger partial charge in [0.15, 0.2) is 17.5 Å². The zero-order chi connectivity index (χ0) is 32.2. The first-order valence-corrected chi connectivity index (χ1v) is 16.1. The molecule has 0 radical (unpaired) electrons. The Kier molecular flexibility index (Phi) is 7.01. The summed E-state index contributed by atoms with van der Waals surface area (Å²) < 4.78 is 13.2. The lowest BCUT2D eigenvalue weighted by Crippen LogP contribution is -2.41. The molecule has 6 aromatic carbocycles. The third kappa shape index (κ3) is 5.11. The lowest BCUT2D eigenvalue weighted by Gasteiger charge is -2.32. The molecule has 0 bridgehead atoms. The van der Waals surface area contributed by atoms with Crippen LogP contribution in [-0.2, 0) is 9.31 Å². The van der Waals surface area contributed by atoms with Gasteiger partial charge in [-0.2, -0.15) is 0 Å². The zero-order valence-electron chi connectivity index (χ0n) is 26.9. The van der Waals surface area contributed by atoms with Crippen LogP contribution < -0.4 is 5.46 Å². The van der Waals surface area contributed by atoms with E-state index in [2.05, 4.69) is 100 Å². The molecule has 0 atom stereocenters. The Hall–Kier alpha value is -5.17. The van der Waals surface area contributed by atoms with Gasteiger partial charge in [0.1, 0.15) is 0 Å². The molecule has 0 saturated carbocycles. The van der Waals surface area contributed by atoms with Crippen molar-refractivity contribution in [1.29, 1.82) is 0 Å². The molecule has 1 aliphatic heterocycles. The highest BCUT2D eigenvalue weighted by molar-refractivity contribution is 6.68. The van der Waals surface area contributed by atoms with Crippen molar-refractivity contribution in [1.82, 2.24) is 15.0 Å². The first-order chi connectivity index (χ1) is 22.8. The fourth-order valence-corrected chi connectivity index (χ4v) is 6.41. The largest absolute Gasteiger partial charge is 0.496 e. The fraction of sp³-hybridized carbons (Fsp3) is 0.146. The van der Waals surface area contributed by atoms with E-state index in [1.807, 2.05) is 60.7 Å². The van der Waals surface area contributed by atoms with Gasteiger partial charge in [0.2, 0.25) is 0 Å². The Morgan fingerprint density at radius 1 is 0.404 bits per heavy atom. The summed E-state index contributed by atoms with van der Waals surface area (Å²) >= 11 is 0. The van der Waals surface area contributed by atoms with E-state index in [1.165, 1.54) is 5.56 Å². The molecule has 0 spiro atoms. The van der Waals surface area contributed by atoms with Crippen LogP contribution in [0.2, 0.25) is 0 Å². The molecule has 228 valence electrons. The topological polar surface area (TPSA) is 57.1 Å². The number of hydrogen-bond donors (Lipinski definition) is 0. The van der Waals surface area contributed by atoms with Crippen molar-refractivity contribution in [2.75, 3.05) is 0 Å². The van der Waals surface area contributed by atoms with Crippen molar-refractivity contribution in [3.05, 3.63) is 133 Å². The number of hydrogen-bond acceptors (Lipinski definition) is 5. The normalized spacial score (nSPS) is 15.4. The molecule has 6 heteroatoms. The van der Waals surface area contributed by atoms with Gasteiger partial charge in [0.05, 0.1) is 11.2 Å². The lowest BCUT2D eigenvalue weighted by molar-refractivity contribution is 0.00578. The first kappa shape index (κ1) is 29.3. The Morgan fingerprint density at radius 2 is 0.745 bits per heavy atom. The van der Waals surface area contributed by atoms with E-state index in [-0.39, 0.29) is 0 Å². The quantitative estimate of drug-likeness (QED) is 0.144. The zero-order valence-corrected chi connectivity index (χ0v) is 26.9. The summed E-state index contributed by atoms with van der Waals surface area (Å²) in [5.41, 5.74) is 5.30. The van der Waals surface area contributed by atoms with Crippen molar-refractivity contribution < 1.29 is 9.31 Å². The second kappa shape index (κ2) is 11.3. The standard InChI is InChI=1S/C41H34BN3O2/c1-40(2)41(3,4)47-42(46-40)36-33-21-13-11-19-31(33)35(32-20-12-14-22-34(32)36)27-23-25-30(26-24-27)39-44-37(28-15-7-5-8-16-28)43-38(45-39)29-17-9-6-10-18-29/h5-26H,1-4H3. The van der Waals surface area contributed by atoms with Crippen LogP contribution in [-0.4, -0.2) is 33.3 Å². The van der Waals surface area contributed by atoms with Gasteiger partial charge < -0.3 is 9.31 Å². The predicted molar refractivity (Wildman–Crippen MR) is 192 cm³/mol. The van der Waals surface area contributed by atoms with Crippen molar-refractivity contribution in [3.8, 4) is 45.3 Å². The molecule has 0 amide bonds. The molecule has 5 nitrogen and oxygen atoms in total. The van der Waals surface area contributed by atoms with Crippen LogP contribution in [0, 0.1) is 0 Å². The van der Waals surface area contributed by atoms with Gasteiger partial charge in [0, 0.05) is 16.7 Å². The van der Waals surface area contributed by atoms with Crippen LogP contribution in [0.1, 0.15) is 27.7 Å². The van der Waals surface area contributed by atoms with Crippen molar-refractivity contribution in [2.24, 2.45) is 0 Å². The summed E-state index contributed by atoms with van der Waals surface area (Å²) in [4.78, 5) is 14.7. The van der Waals surface area contributed by atoms with Gasteiger partial charge in [-0.1, -0.05) is 133 Å². The monoisotopic (exact) mass is 611 g/mol. The number of nitrogens with zero attached hydrogens (tertiary/aromatic N) is 3. The summed E-state index contributed by atoms with van der Waals surface area (Å²) in [5, 5.41) is 4.56. The lowest BCUT2D eigenvalue weighted by atomic mass is 9.71. The van der Waals surface area contributed by atoms with E-state index in [4.69, 9.17) is 24.3 Å². The number of rotatable bonds is 5. The minimum atomic E-state index is -0.479. The average molecular weight is 612 g/mol. The highest BCUT2D eigenvalue weighted by Crippen LogP contribution is 2.41. The van der Waals surface area contributed by atoms with E-state index in [1.54, 1.807) is 0 Å².